The van der Waals surface area contributed by atoms with Gasteiger partial charge in [0.1, 0.15) is 5.01 Å². The molecule has 1 amide bonds. The van der Waals surface area contributed by atoms with E-state index in [4.69, 9.17) is 0 Å². The van der Waals surface area contributed by atoms with Gasteiger partial charge in [0.15, 0.2) is 0 Å². The Kier molecular flexibility index (Phi) is 5.10. The van der Waals surface area contributed by atoms with E-state index in [1.54, 1.807) is 18.3 Å². The summed E-state index contributed by atoms with van der Waals surface area (Å²) in [6, 6.07) is 11.4. The number of nitrogens with zero attached hydrogens (tertiary/aromatic N) is 1. The number of alkyl halides is 2. The van der Waals surface area contributed by atoms with Crippen LogP contribution in [0.2, 0.25) is 0 Å². The van der Waals surface area contributed by atoms with E-state index in [2.05, 4.69) is 10.3 Å². The number of carbonyl (C=O) groups excluding carboxylic acids is 1. The van der Waals surface area contributed by atoms with E-state index in [-0.39, 0.29) is 5.56 Å². The second-order valence-electron chi connectivity index (χ2n) is 5.20. The lowest BCUT2D eigenvalue weighted by Gasteiger charge is -2.07. The topological polar surface area (TPSA) is 76.1 Å². The highest BCUT2D eigenvalue weighted by atomic mass is 32.2. The second-order valence-corrected chi connectivity index (χ2v) is 8.01. The Bertz CT molecular complexity index is 1000. The molecule has 0 spiro atoms. The van der Waals surface area contributed by atoms with Crippen molar-refractivity contribution in [2.24, 2.45) is 0 Å². The maximum absolute atomic E-state index is 12.5. The molecule has 0 radical (unpaired) electrons. The molecule has 5 nitrogen and oxygen atoms in total. The third-order valence-electron chi connectivity index (χ3n) is 3.50. The largest absolute Gasteiger partial charge is 0.341 e. The Balaban J connectivity index is 1.72. The molecule has 0 aliphatic heterocycles. The van der Waals surface area contributed by atoms with Crippen molar-refractivity contribution in [1.29, 1.82) is 0 Å². The van der Waals surface area contributed by atoms with Crippen LogP contribution in [0.5, 0.6) is 0 Å². The van der Waals surface area contributed by atoms with Crippen LogP contribution in [-0.4, -0.2) is 25.1 Å². The number of hydrogen-bond donors (Lipinski definition) is 1. The number of carbonyl (C=O) groups is 1. The minimum atomic E-state index is -4.67. The van der Waals surface area contributed by atoms with Crippen LogP contribution in [0.1, 0.15) is 10.4 Å². The fraction of sp³-hybridized carbons (Fsp3) is 0.0588. The van der Waals surface area contributed by atoms with Crippen molar-refractivity contribution >= 4 is 32.8 Å². The smallest absolute Gasteiger partial charge is 0.322 e. The summed E-state index contributed by atoms with van der Waals surface area (Å²) in [7, 11) is -4.67. The number of aromatic nitrogens is 1. The van der Waals surface area contributed by atoms with Crippen molar-refractivity contribution < 1.29 is 22.0 Å². The average molecular weight is 394 g/mol. The minimum absolute atomic E-state index is 0.155. The molecule has 0 aliphatic carbocycles. The quantitative estimate of drug-likeness (QED) is 0.708. The maximum Gasteiger partial charge on any atom is 0.341 e. The van der Waals surface area contributed by atoms with Crippen LogP contribution in [0.4, 0.5) is 14.5 Å². The van der Waals surface area contributed by atoms with Crippen molar-refractivity contribution in [2.75, 3.05) is 5.32 Å². The molecule has 2 aromatic carbocycles. The number of sulfone groups is 1. The summed E-state index contributed by atoms with van der Waals surface area (Å²) in [5, 5.41) is 5.38. The first-order valence-electron chi connectivity index (χ1n) is 7.31. The molecule has 9 heteroatoms. The number of benzene rings is 2. The van der Waals surface area contributed by atoms with Gasteiger partial charge in [0, 0.05) is 28.4 Å². The zero-order chi connectivity index (χ0) is 18.7. The van der Waals surface area contributed by atoms with Gasteiger partial charge in [0.2, 0.25) is 9.84 Å². The Labute approximate surface area is 152 Å². The lowest BCUT2D eigenvalue weighted by molar-refractivity contribution is 0.102. The van der Waals surface area contributed by atoms with Crippen LogP contribution in [-0.2, 0) is 9.84 Å². The molecule has 0 fully saturated rings. The number of nitrogens with one attached hydrogen (secondary N) is 1. The van der Waals surface area contributed by atoms with E-state index in [1.807, 2.05) is 17.5 Å². The Morgan fingerprint density at radius 1 is 1.04 bits per heavy atom. The number of hydrogen-bond acceptors (Lipinski definition) is 5. The van der Waals surface area contributed by atoms with Crippen molar-refractivity contribution in [3.8, 4) is 10.6 Å². The zero-order valence-electron chi connectivity index (χ0n) is 13.1. The Morgan fingerprint density at radius 2 is 1.69 bits per heavy atom. The molecular formula is C17H12F2N2O3S2. The van der Waals surface area contributed by atoms with E-state index in [0.29, 0.717) is 5.69 Å². The van der Waals surface area contributed by atoms with Gasteiger partial charge < -0.3 is 5.32 Å². The first-order chi connectivity index (χ1) is 12.4. The number of rotatable bonds is 5. The predicted octanol–water partition coefficient (Wildman–Crippen LogP) is 4.06. The zero-order valence-corrected chi connectivity index (χ0v) is 14.7. The summed E-state index contributed by atoms with van der Waals surface area (Å²) >= 11 is 1.50. The van der Waals surface area contributed by atoms with Crippen molar-refractivity contribution in [3.63, 3.8) is 0 Å². The molecule has 0 atom stereocenters. The molecular weight excluding hydrogens is 382 g/mol. The summed E-state index contributed by atoms with van der Waals surface area (Å²) < 4.78 is 47.8. The molecule has 0 unspecified atom stereocenters. The lowest BCUT2D eigenvalue weighted by atomic mass is 10.2. The van der Waals surface area contributed by atoms with Gasteiger partial charge in [-0.05, 0) is 48.5 Å². The van der Waals surface area contributed by atoms with Gasteiger partial charge in [0.05, 0.1) is 4.90 Å². The Hall–Kier alpha value is -2.65. The summed E-state index contributed by atoms with van der Waals surface area (Å²) in [6.45, 7) is 0. The van der Waals surface area contributed by atoms with E-state index in [1.165, 1.54) is 23.5 Å². The predicted molar refractivity (Wildman–Crippen MR) is 95.1 cm³/mol. The Morgan fingerprint density at radius 3 is 2.23 bits per heavy atom. The lowest BCUT2D eigenvalue weighted by Crippen LogP contribution is -2.14. The van der Waals surface area contributed by atoms with E-state index < -0.39 is 26.4 Å². The molecule has 1 N–H and O–H groups in total. The van der Waals surface area contributed by atoms with E-state index in [0.717, 1.165) is 22.7 Å². The molecule has 1 aromatic heterocycles. The fourth-order valence-corrected chi connectivity index (χ4v) is 3.53. The number of thiazole rings is 1. The van der Waals surface area contributed by atoms with Crippen molar-refractivity contribution in [2.45, 2.75) is 10.7 Å². The summed E-state index contributed by atoms with van der Waals surface area (Å²) in [4.78, 5) is 15.9. The van der Waals surface area contributed by atoms with Gasteiger partial charge in [0.25, 0.3) is 5.91 Å². The molecule has 3 aromatic rings. The highest BCUT2D eigenvalue weighted by Gasteiger charge is 2.26. The van der Waals surface area contributed by atoms with Crippen molar-refractivity contribution in [1.82, 2.24) is 4.98 Å². The van der Waals surface area contributed by atoms with Gasteiger partial charge >= 0.3 is 5.76 Å². The molecule has 0 saturated carbocycles. The third-order valence-corrected chi connectivity index (χ3v) is 5.72. The van der Waals surface area contributed by atoms with E-state index in [9.17, 15) is 22.0 Å². The molecule has 134 valence electrons. The van der Waals surface area contributed by atoms with Crippen molar-refractivity contribution in [3.05, 3.63) is 65.7 Å². The first-order valence-corrected chi connectivity index (χ1v) is 9.74. The molecule has 0 bridgehead atoms. The standard InChI is InChI=1S/C17H12F2N2O3S2/c18-17(19)26(23,24)14-7-3-11(4-8-14)15(22)21-13-5-1-12(2-6-13)16-20-9-10-25-16/h1-10,17H,(H,21,22). The maximum atomic E-state index is 12.5. The van der Waals surface area contributed by atoms with Gasteiger partial charge in [-0.15, -0.1) is 11.3 Å². The second kappa shape index (κ2) is 7.30. The number of anilines is 1. The van der Waals surface area contributed by atoms with Gasteiger partial charge in [-0.25, -0.2) is 13.4 Å². The third kappa shape index (κ3) is 3.78. The summed E-state index contributed by atoms with van der Waals surface area (Å²) in [6.07, 6.45) is 1.70. The van der Waals surface area contributed by atoms with Gasteiger partial charge in [-0.1, -0.05) is 0 Å². The van der Waals surface area contributed by atoms with Crippen LogP contribution < -0.4 is 5.32 Å². The number of halogens is 2. The summed E-state index contributed by atoms with van der Waals surface area (Å²) in [5.41, 5.74) is 1.61. The molecule has 3 rings (SSSR count). The SMILES string of the molecule is O=C(Nc1ccc(-c2nccs2)cc1)c1ccc(S(=O)(=O)C(F)F)cc1. The number of amides is 1. The minimum Gasteiger partial charge on any atom is -0.322 e. The van der Waals surface area contributed by atoms with Gasteiger partial charge in [-0.2, -0.15) is 8.78 Å². The highest BCUT2D eigenvalue weighted by molar-refractivity contribution is 7.91. The van der Waals surface area contributed by atoms with Crippen LogP contribution in [0, 0.1) is 0 Å². The van der Waals surface area contributed by atoms with Gasteiger partial charge in [-0.3, -0.25) is 4.79 Å². The van der Waals surface area contributed by atoms with Crippen LogP contribution >= 0.6 is 11.3 Å². The van der Waals surface area contributed by atoms with E-state index >= 15 is 0 Å². The summed E-state index contributed by atoms with van der Waals surface area (Å²) in [5.74, 6) is -3.98. The molecule has 26 heavy (non-hydrogen) atoms. The van der Waals surface area contributed by atoms with Crippen LogP contribution in [0.3, 0.4) is 0 Å². The van der Waals surface area contributed by atoms with Crippen LogP contribution in [0.25, 0.3) is 10.6 Å². The first kappa shape index (κ1) is 18.2. The molecule has 0 aliphatic rings. The molecule has 0 saturated heterocycles. The highest BCUT2D eigenvalue weighted by Crippen LogP contribution is 2.24. The average Bonchev–Trinajstić information content (AvgIpc) is 3.17. The molecule has 1 heterocycles. The van der Waals surface area contributed by atoms with Crippen LogP contribution in [0.15, 0.2) is 65.0 Å². The fourth-order valence-electron chi connectivity index (χ4n) is 2.16. The normalized spacial score (nSPS) is 11.5. The monoisotopic (exact) mass is 394 g/mol.